The molecule has 0 saturated heterocycles. The summed E-state index contributed by atoms with van der Waals surface area (Å²) < 4.78 is 0. The summed E-state index contributed by atoms with van der Waals surface area (Å²) >= 11 is 0. The van der Waals surface area contributed by atoms with Gasteiger partial charge in [0.1, 0.15) is 5.82 Å². The summed E-state index contributed by atoms with van der Waals surface area (Å²) in [5.74, 6) is 0.0227. The number of nitrogens with zero attached hydrogens (tertiary/aromatic N) is 2. The molecule has 3 N–H and O–H groups in total. The lowest BCUT2D eigenvalue weighted by Gasteiger charge is -2.08. The van der Waals surface area contributed by atoms with Crippen molar-refractivity contribution < 1.29 is 9.72 Å². The molecular weight excluding hydrogens is 272 g/mol. The van der Waals surface area contributed by atoms with Gasteiger partial charge in [-0.05, 0) is 24.6 Å². The number of benzene rings is 1. The topological polar surface area (TPSA) is 111 Å². The third-order valence-electron chi connectivity index (χ3n) is 3.12. The van der Waals surface area contributed by atoms with Gasteiger partial charge in [0.15, 0.2) is 0 Å². The first-order valence-corrected chi connectivity index (χ1v) is 6.21. The van der Waals surface area contributed by atoms with Crippen LogP contribution in [0.5, 0.6) is 0 Å². The van der Waals surface area contributed by atoms with E-state index in [2.05, 4.69) is 10.3 Å². The predicted molar refractivity (Wildman–Crippen MR) is 77.9 cm³/mol. The van der Waals surface area contributed by atoms with E-state index >= 15 is 0 Å². The Hall–Kier alpha value is -2.96. The molecule has 0 aliphatic heterocycles. The summed E-state index contributed by atoms with van der Waals surface area (Å²) in [6.07, 6.45) is 1.38. The van der Waals surface area contributed by atoms with Crippen LogP contribution >= 0.6 is 0 Å². The molecule has 7 heteroatoms. The smallest absolute Gasteiger partial charge is 0.272 e. The van der Waals surface area contributed by atoms with Crippen molar-refractivity contribution in [1.29, 1.82) is 0 Å². The van der Waals surface area contributed by atoms with Crippen LogP contribution in [-0.4, -0.2) is 15.8 Å². The van der Waals surface area contributed by atoms with E-state index in [9.17, 15) is 14.9 Å². The number of amides is 1. The second kappa shape index (κ2) is 6.00. The number of nitrogens with one attached hydrogen (secondary N) is 1. The third kappa shape index (κ3) is 3.33. The molecule has 0 spiro atoms. The monoisotopic (exact) mass is 286 g/mol. The van der Waals surface area contributed by atoms with Gasteiger partial charge in [-0.3, -0.25) is 14.9 Å². The van der Waals surface area contributed by atoms with Gasteiger partial charge in [-0.25, -0.2) is 4.98 Å². The number of rotatable bonds is 5. The molecule has 0 aliphatic rings. The summed E-state index contributed by atoms with van der Waals surface area (Å²) in [6, 6.07) is 8.13. The Kier molecular flexibility index (Phi) is 4.13. The summed E-state index contributed by atoms with van der Waals surface area (Å²) in [6.45, 7) is 2.11. The van der Waals surface area contributed by atoms with E-state index in [1.54, 1.807) is 25.1 Å². The number of carbonyl (C=O) groups is 1. The highest BCUT2D eigenvalue weighted by Gasteiger charge is 2.12. The molecule has 2 rings (SSSR count). The molecule has 0 saturated carbocycles. The first-order chi connectivity index (χ1) is 9.99. The van der Waals surface area contributed by atoms with Gasteiger partial charge in [0.05, 0.1) is 10.5 Å². The lowest BCUT2D eigenvalue weighted by atomic mass is 10.1. The van der Waals surface area contributed by atoms with Crippen molar-refractivity contribution in [3.63, 3.8) is 0 Å². The van der Waals surface area contributed by atoms with Crippen LogP contribution in [0, 0.1) is 17.0 Å². The molecular formula is C14H14N4O3. The number of anilines is 1. The minimum absolute atomic E-state index is 0.0892. The van der Waals surface area contributed by atoms with Crippen molar-refractivity contribution in [2.45, 2.75) is 13.5 Å². The van der Waals surface area contributed by atoms with Gasteiger partial charge in [0.25, 0.3) is 5.69 Å². The SMILES string of the molecule is Cc1c(CNc2ccc(C(N)=O)cn2)cccc1[N+](=O)[O-]. The fourth-order valence-electron chi connectivity index (χ4n) is 1.89. The third-order valence-corrected chi connectivity index (χ3v) is 3.12. The molecule has 2 aromatic rings. The largest absolute Gasteiger partial charge is 0.366 e. The van der Waals surface area contributed by atoms with Crippen LogP contribution in [0.2, 0.25) is 0 Å². The summed E-state index contributed by atoms with van der Waals surface area (Å²) in [5.41, 5.74) is 6.97. The van der Waals surface area contributed by atoms with Crippen LogP contribution in [-0.2, 0) is 6.54 Å². The van der Waals surface area contributed by atoms with Gasteiger partial charge < -0.3 is 11.1 Å². The first-order valence-electron chi connectivity index (χ1n) is 6.21. The maximum Gasteiger partial charge on any atom is 0.272 e. The molecule has 7 nitrogen and oxygen atoms in total. The Morgan fingerprint density at radius 2 is 2.14 bits per heavy atom. The Morgan fingerprint density at radius 1 is 1.38 bits per heavy atom. The van der Waals surface area contributed by atoms with E-state index in [-0.39, 0.29) is 5.69 Å². The number of nitro benzene ring substituents is 1. The standard InChI is InChI=1S/C14H14N4O3/c1-9-10(3-2-4-12(9)18(20)21)7-16-13-6-5-11(8-17-13)14(15)19/h2-6,8H,7H2,1H3,(H2,15,19)(H,16,17). The highest BCUT2D eigenvalue weighted by molar-refractivity contribution is 5.92. The molecule has 1 aromatic heterocycles. The van der Waals surface area contributed by atoms with Crippen molar-refractivity contribution in [3.8, 4) is 0 Å². The van der Waals surface area contributed by atoms with Crippen molar-refractivity contribution in [2.24, 2.45) is 5.73 Å². The zero-order valence-corrected chi connectivity index (χ0v) is 11.4. The van der Waals surface area contributed by atoms with Crippen LogP contribution in [0.1, 0.15) is 21.5 Å². The lowest BCUT2D eigenvalue weighted by molar-refractivity contribution is -0.385. The Morgan fingerprint density at radius 3 is 2.71 bits per heavy atom. The average Bonchev–Trinajstić information content (AvgIpc) is 2.46. The van der Waals surface area contributed by atoms with E-state index in [1.807, 2.05) is 6.07 Å². The zero-order chi connectivity index (χ0) is 15.4. The van der Waals surface area contributed by atoms with Crippen LogP contribution < -0.4 is 11.1 Å². The van der Waals surface area contributed by atoms with E-state index in [4.69, 9.17) is 5.73 Å². The van der Waals surface area contributed by atoms with E-state index in [1.165, 1.54) is 12.3 Å². The maximum absolute atomic E-state index is 10.9. The minimum Gasteiger partial charge on any atom is -0.366 e. The number of pyridine rings is 1. The van der Waals surface area contributed by atoms with Crippen LogP contribution in [0.3, 0.4) is 0 Å². The molecule has 0 unspecified atom stereocenters. The first kappa shape index (κ1) is 14.4. The zero-order valence-electron chi connectivity index (χ0n) is 11.4. The van der Waals surface area contributed by atoms with E-state index in [0.717, 1.165) is 5.56 Å². The molecule has 1 heterocycles. The summed E-state index contributed by atoms with van der Waals surface area (Å²) in [4.78, 5) is 25.5. The Bertz CT molecular complexity index is 683. The fourth-order valence-corrected chi connectivity index (χ4v) is 1.89. The normalized spacial score (nSPS) is 10.1. The molecule has 0 bridgehead atoms. The number of hydrogen-bond donors (Lipinski definition) is 2. The van der Waals surface area contributed by atoms with Crippen molar-refractivity contribution in [1.82, 2.24) is 4.98 Å². The number of nitrogens with two attached hydrogens (primary N) is 1. The molecule has 21 heavy (non-hydrogen) atoms. The van der Waals surface area contributed by atoms with Gasteiger partial charge in [0, 0.05) is 24.4 Å². The van der Waals surface area contributed by atoms with Gasteiger partial charge in [-0.2, -0.15) is 0 Å². The van der Waals surface area contributed by atoms with Gasteiger partial charge in [-0.15, -0.1) is 0 Å². The number of nitro groups is 1. The minimum atomic E-state index is -0.538. The van der Waals surface area contributed by atoms with E-state index < -0.39 is 10.8 Å². The second-order valence-electron chi connectivity index (χ2n) is 4.47. The Labute approximate surface area is 121 Å². The van der Waals surface area contributed by atoms with Gasteiger partial charge in [0.2, 0.25) is 5.91 Å². The highest BCUT2D eigenvalue weighted by Crippen LogP contribution is 2.21. The highest BCUT2D eigenvalue weighted by atomic mass is 16.6. The number of carbonyl (C=O) groups excluding carboxylic acids is 1. The van der Waals surface area contributed by atoms with Crippen LogP contribution in [0.15, 0.2) is 36.5 Å². The fraction of sp³-hybridized carbons (Fsp3) is 0.143. The predicted octanol–water partition coefficient (Wildman–Crippen LogP) is 2.01. The maximum atomic E-state index is 10.9. The van der Waals surface area contributed by atoms with Gasteiger partial charge in [-0.1, -0.05) is 12.1 Å². The summed E-state index contributed by atoms with van der Waals surface area (Å²) in [7, 11) is 0. The van der Waals surface area contributed by atoms with Crippen molar-refractivity contribution >= 4 is 17.4 Å². The molecule has 0 aliphatic carbocycles. The Balaban J connectivity index is 2.11. The average molecular weight is 286 g/mol. The lowest BCUT2D eigenvalue weighted by Crippen LogP contribution is -2.11. The molecule has 1 aromatic carbocycles. The molecule has 1 amide bonds. The quantitative estimate of drug-likeness (QED) is 0.645. The van der Waals surface area contributed by atoms with Crippen LogP contribution in [0.25, 0.3) is 0 Å². The molecule has 0 radical (unpaired) electrons. The number of aromatic nitrogens is 1. The molecule has 0 atom stereocenters. The molecule has 108 valence electrons. The van der Waals surface area contributed by atoms with Crippen LogP contribution in [0.4, 0.5) is 11.5 Å². The van der Waals surface area contributed by atoms with Gasteiger partial charge >= 0.3 is 0 Å². The van der Waals surface area contributed by atoms with E-state index in [0.29, 0.717) is 23.5 Å². The van der Waals surface area contributed by atoms with Crippen molar-refractivity contribution in [3.05, 3.63) is 63.3 Å². The second-order valence-corrected chi connectivity index (χ2v) is 4.47. The number of primary amides is 1. The van der Waals surface area contributed by atoms with Crippen molar-refractivity contribution in [2.75, 3.05) is 5.32 Å². The number of hydrogen-bond acceptors (Lipinski definition) is 5. The summed E-state index contributed by atoms with van der Waals surface area (Å²) in [5, 5.41) is 13.9. The molecule has 0 fully saturated rings.